The summed E-state index contributed by atoms with van der Waals surface area (Å²) in [6.07, 6.45) is 4.59. The van der Waals surface area contributed by atoms with E-state index in [0.29, 0.717) is 6.04 Å². The third-order valence-corrected chi connectivity index (χ3v) is 3.77. The van der Waals surface area contributed by atoms with E-state index < -0.39 is 0 Å². The van der Waals surface area contributed by atoms with Gasteiger partial charge in [-0.15, -0.1) is 0 Å². The third-order valence-electron chi connectivity index (χ3n) is 3.77. The molecular weight excluding hydrogens is 260 g/mol. The van der Waals surface area contributed by atoms with Crippen molar-refractivity contribution in [3.8, 4) is 5.82 Å². The Hall–Kier alpha value is -1.68. The van der Waals surface area contributed by atoms with Crippen LogP contribution >= 0.6 is 0 Å². The molecule has 0 aromatic carbocycles. The van der Waals surface area contributed by atoms with E-state index in [1.54, 1.807) is 0 Å². The summed E-state index contributed by atoms with van der Waals surface area (Å²) in [5, 5.41) is 8.06. The Morgan fingerprint density at radius 1 is 1.29 bits per heavy atom. The van der Waals surface area contributed by atoms with Gasteiger partial charge in [0.1, 0.15) is 0 Å². The van der Waals surface area contributed by atoms with Crippen molar-refractivity contribution in [2.24, 2.45) is 0 Å². The quantitative estimate of drug-likeness (QED) is 0.938. The van der Waals surface area contributed by atoms with E-state index in [2.05, 4.69) is 43.3 Å². The van der Waals surface area contributed by atoms with Gasteiger partial charge in [-0.25, -0.2) is 9.67 Å². The van der Waals surface area contributed by atoms with E-state index in [9.17, 15) is 0 Å². The van der Waals surface area contributed by atoms with E-state index in [-0.39, 0.29) is 5.41 Å². The largest absolute Gasteiger partial charge is 0.310 e. The van der Waals surface area contributed by atoms with Crippen LogP contribution in [-0.4, -0.2) is 20.8 Å². The predicted octanol–water partition coefficient (Wildman–Crippen LogP) is 3.13. The van der Waals surface area contributed by atoms with E-state index in [1.807, 2.05) is 23.9 Å². The molecule has 4 nitrogen and oxygen atoms in total. The Bertz CT molecular complexity index is 632. The Morgan fingerprint density at radius 3 is 2.62 bits per heavy atom. The normalized spacial score (nSPS) is 15.4. The Kier molecular flexibility index (Phi) is 3.57. The molecule has 4 heteroatoms. The number of hydrogen-bond donors (Lipinski definition) is 1. The molecule has 1 aliphatic carbocycles. The minimum Gasteiger partial charge on any atom is -0.310 e. The van der Waals surface area contributed by atoms with Crippen LogP contribution in [0.15, 0.2) is 24.4 Å². The fourth-order valence-electron chi connectivity index (χ4n) is 2.27. The molecule has 1 fully saturated rings. The number of hydrogen-bond acceptors (Lipinski definition) is 3. The molecular formula is C17H24N4. The maximum absolute atomic E-state index is 4.80. The zero-order chi connectivity index (χ0) is 15.0. The third kappa shape index (κ3) is 3.50. The first-order valence-electron chi connectivity index (χ1n) is 7.69. The second-order valence-corrected chi connectivity index (χ2v) is 7.03. The van der Waals surface area contributed by atoms with Gasteiger partial charge in [0.05, 0.1) is 5.69 Å². The summed E-state index contributed by atoms with van der Waals surface area (Å²) in [6, 6.07) is 7.08. The molecule has 1 saturated carbocycles. The van der Waals surface area contributed by atoms with Gasteiger partial charge < -0.3 is 5.32 Å². The van der Waals surface area contributed by atoms with Crippen molar-refractivity contribution in [1.82, 2.24) is 20.1 Å². The maximum atomic E-state index is 4.80. The molecule has 1 aliphatic rings. The van der Waals surface area contributed by atoms with Crippen LogP contribution in [0, 0.1) is 6.92 Å². The first-order valence-corrected chi connectivity index (χ1v) is 7.69. The highest BCUT2D eigenvalue weighted by atomic mass is 15.3. The highest BCUT2D eigenvalue weighted by molar-refractivity contribution is 5.33. The molecule has 21 heavy (non-hydrogen) atoms. The van der Waals surface area contributed by atoms with Crippen molar-refractivity contribution in [2.75, 3.05) is 0 Å². The van der Waals surface area contributed by atoms with Crippen molar-refractivity contribution in [3.05, 3.63) is 41.3 Å². The summed E-state index contributed by atoms with van der Waals surface area (Å²) in [6.45, 7) is 9.51. The van der Waals surface area contributed by atoms with Crippen molar-refractivity contribution in [3.63, 3.8) is 0 Å². The van der Waals surface area contributed by atoms with Crippen LogP contribution in [0.2, 0.25) is 0 Å². The second kappa shape index (κ2) is 5.26. The van der Waals surface area contributed by atoms with Gasteiger partial charge in [0.15, 0.2) is 5.82 Å². The van der Waals surface area contributed by atoms with Gasteiger partial charge >= 0.3 is 0 Å². The summed E-state index contributed by atoms with van der Waals surface area (Å²) in [5.74, 6) is 0.906. The average molecular weight is 284 g/mol. The monoisotopic (exact) mass is 284 g/mol. The highest BCUT2D eigenvalue weighted by Gasteiger charge is 2.21. The number of nitrogens with zero attached hydrogens (tertiary/aromatic N) is 3. The van der Waals surface area contributed by atoms with Crippen LogP contribution < -0.4 is 5.32 Å². The van der Waals surface area contributed by atoms with Gasteiger partial charge in [0.25, 0.3) is 0 Å². The van der Waals surface area contributed by atoms with Crippen LogP contribution in [0.5, 0.6) is 0 Å². The standard InChI is InChI=1S/C17H24N4/c1-12-7-8-21(20-12)16-10-13(11-18-14-5-6-14)9-15(19-16)17(2,3)4/h7-10,14,18H,5-6,11H2,1-4H3. The zero-order valence-corrected chi connectivity index (χ0v) is 13.3. The van der Waals surface area contributed by atoms with E-state index in [4.69, 9.17) is 4.98 Å². The van der Waals surface area contributed by atoms with Gasteiger partial charge in [-0.05, 0) is 43.5 Å². The minimum absolute atomic E-state index is 0.0343. The fraction of sp³-hybridized carbons (Fsp3) is 0.529. The Balaban J connectivity index is 1.95. The van der Waals surface area contributed by atoms with Gasteiger partial charge in [-0.3, -0.25) is 0 Å². The molecule has 0 amide bonds. The molecule has 0 atom stereocenters. The smallest absolute Gasteiger partial charge is 0.153 e. The molecule has 0 aliphatic heterocycles. The molecule has 0 saturated heterocycles. The van der Waals surface area contributed by atoms with Crippen molar-refractivity contribution >= 4 is 0 Å². The van der Waals surface area contributed by atoms with Gasteiger partial charge in [-0.2, -0.15) is 5.10 Å². The number of aromatic nitrogens is 3. The van der Waals surface area contributed by atoms with Crippen molar-refractivity contribution in [2.45, 2.75) is 58.5 Å². The predicted molar refractivity (Wildman–Crippen MR) is 84.7 cm³/mol. The van der Waals surface area contributed by atoms with Crippen LogP contribution in [0.4, 0.5) is 0 Å². The Morgan fingerprint density at radius 2 is 2.05 bits per heavy atom. The van der Waals surface area contributed by atoms with E-state index in [0.717, 1.165) is 23.8 Å². The number of rotatable bonds is 4. The molecule has 2 aromatic rings. The lowest BCUT2D eigenvalue weighted by Gasteiger charge is -2.20. The zero-order valence-electron chi connectivity index (χ0n) is 13.3. The molecule has 1 N–H and O–H groups in total. The number of aryl methyl sites for hydroxylation is 1. The maximum Gasteiger partial charge on any atom is 0.153 e. The first-order chi connectivity index (χ1) is 9.91. The molecule has 112 valence electrons. The van der Waals surface area contributed by atoms with Crippen molar-refractivity contribution in [1.29, 1.82) is 0 Å². The molecule has 2 aromatic heterocycles. The minimum atomic E-state index is 0.0343. The van der Waals surface area contributed by atoms with Crippen LogP contribution in [-0.2, 0) is 12.0 Å². The summed E-state index contributed by atoms with van der Waals surface area (Å²) in [4.78, 5) is 4.80. The second-order valence-electron chi connectivity index (χ2n) is 7.03. The molecule has 2 heterocycles. The number of nitrogens with one attached hydrogen (secondary N) is 1. The molecule has 0 radical (unpaired) electrons. The lowest BCUT2D eigenvalue weighted by Crippen LogP contribution is -2.19. The summed E-state index contributed by atoms with van der Waals surface area (Å²) < 4.78 is 1.87. The van der Waals surface area contributed by atoms with Crippen LogP contribution in [0.25, 0.3) is 5.82 Å². The van der Waals surface area contributed by atoms with Crippen molar-refractivity contribution < 1.29 is 0 Å². The highest BCUT2D eigenvalue weighted by Crippen LogP contribution is 2.24. The summed E-state index contributed by atoms with van der Waals surface area (Å²) >= 11 is 0. The van der Waals surface area contributed by atoms with E-state index >= 15 is 0 Å². The molecule has 0 unspecified atom stereocenters. The first kappa shape index (κ1) is 14.3. The topological polar surface area (TPSA) is 42.7 Å². The fourth-order valence-corrected chi connectivity index (χ4v) is 2.27. The van der Waals surface area contributed by atoms with Gasteiger partial charge in [0.2, 0.25) is 0 Å². The average Bonchev–Trinajstić information content (AvgIpc) is 3.15. The van der Waals surface area contributed by atoms with Crippen LogP contribution in [0.1, 0.15) is 50.6 Å². The lowest BCUT2D eigenvalue weighted by molar-refractivity contribution is 0.563. The molecule has 0 spiro atoms. The van der Waals surface area contributed by atoms with Gasteiger partial charge in [0, 0.05) is 29.9 Å². The summed E-state index contributed by atoms with van der Waals surface area (Å²) in [7, 11) is 0. The molecule has 0 bridgehead atoms. The number of pyridine rings is 1. The Labute approximate surface area is 126 Å². The molecule has 3 rings (SSSR count). The SMILES string of the molecule is Cc1ccn(-c2cc(CNC3CC3)cc(C(C)(C)C)n2)n1. The summed E-state index contributed by atoms with van der Waals surface area (Å²) in [5.41, 5.74) is 3.44. The van der Waals surface area contributed by atoms with E-state index in [1.165, 1.54) is 18.4 Å². The van der Waals surface area contributed by atoms with Crippen LogP contribution in [0.3, 0.4) is 0 Å². The lowest BCUT2D eigenvalue weighted by atomic mass is 9.90. The van der Waals surface area contributed by atoms with Gasteiger partial charge in [-0.1, -0.05) is 20.8 Å².